The molecule has 3 heterocycles. The van der Waals surface area contributed by atoms with E-state index in [1.165, 1.54) is 6.92 Å². The number of aliphatic hydroxyl groups is 4. The summed E-state index contributed by atoms with van der Waals surface area (Å²) in [6, 6.07) is 0. The van der Waals surface area contributed by atoms with Gasteiger partial charge in [-0.15, -0.1) is 0 Å². The van der Waals surface area contributed by atoms with E-state index in [-0.39, 0.29) is 61.1 Å². The maximum absolute atomic E-state index is 12.6. The fraction of sp³-hybridized carbons (Fsp3) is 0.878. The first kappa shape index (κ1) is 41.3. The smallest absolute Gasteiger partial charge is 0.331 e. The van der Waals surface area contributed by atoms with E-state index < -0.39 is 78.7 Å². The van der Waals surface area contributed by atoms with Crippen LogP contribution in [0.5, 0.6) is 0 Å². The van der Waals surface area contributed by atoms with Gasteiger partial charge >= 0.3 is 5.97 Å². The van der Waals surface area contributed by atoms with Crippen molar-refractivity contribution < 1.29 is 68.0 Å². The Kier molecular flexibility index (Phi) is 12.1. The lowest BCUT2D eigenvalue weighted by Gasteiger charge is -2.65. The van der Waals surface area contributed by atoms with Gasteiger partial charge in [-0.1, -0.05) is 13.8 Å². The zero-order valence-electron chi connectivity index (χ0n) is 32.8. The number of fused-ring (bicyclic) bond motifs is 5. The summed E-state index contributed by atoms with van der Waals surface area (Å²) in [5.74, 6) is 0.168. The fourth-order valence-electron chi connectivity index (χ4n) is 12.1. The molecule has 310 valence electrons. The second-order valence-corrected chi connectivity index (χ2v) is 18.1. The standard InChI is InChI=1S/C41H62O14/c1-21(19-43)50-34(10-13-42)54-37-22(2)52-36(18-31(37)45)55-38-23(3)51-35(17-30(38)44)53-26-8-11-39(4)25(15-26)6-7-28-29(39)16-32(46)40(5)27(9-12-41(28,40)48)24-14-33(47)49-20-24/h13-14,19,21-23,25-32,34-38,44-46,48H,6-12,15-18,20H2,1-5H3/t21-,22-,23-,25?,26-,27+,28?,29?,30-,31-,32-,34?,35-,36-,37+,38+,39-,40-,41-/m0/s1. The number of esters is 1. The van der Waals surface area contributed by atoms with Crippen LogP contribution in [0.4, 0.5) is 0 Å². The molecule has 4 saturated carbocycles. The number of cyclic esters (lactones) is 1. The Morgan fingerprint density at radius 3 is 2.22 bits per heavy atom. The van der Waals surface area contributed by atoms with Gasteiger partial charge in [0.05, 0.1) is 48.6 Å². The summed E-state index contributed by atoms with van der Waals surface area (Å²) in [7, 11) is 0. The van der Waals surface area contributed by atoms with E-state index in [1.54, 1.807) is 13.0 Å². The number of rotatable bonds is 12. The molecule has 55 heavy (non-hydrogen) atoms. The van der Waals surface area contributed by atoms with Crippen molar-refractivity contribution >= 4 is 18.5 Å². The first-order chi connectivity index (χ1) is 26.1. The molecule has 4 N–H and O–H groups in total. The van der Waals surface area contributed by atoms with Crippen molar-refractivity contribution in [3.05, 3.63) is 11.6 Å². The van der Waals surface area contributed by atoms with Crippen LogP contribution in [0.3, 0.4) is 0 Å². The highest BCUT2D eigenvalue weighted by atomic mass is 16.7. The Hall–Kier alpha value is -1.85. The van der Waals surface area contributed by atoms with Crippen molar-refractivity contribution in [1.82, 2.24) is 0 Å². The molecule has 19 atom stereocenters. The van der Waals surface area contributed by atoms with Crippen LogP contribution in [-0.4, -0.2) is 125 Å². The van der Waals surface area contributed by atoms with E-state index in [2.05, 4.69) is 6.92 Å². The van der Waals surface area contributed by atoms with Crippen molar-refractivity contribution in [3.63, 3.8) is 0 Å². The van der Waals surface area contributed by atoms with E-state index in [9.17, 15) is 34.8 Å². The van der Waals surface area contributed by atoms with E-state index in [4.69, 9.17) is 33.2 Å². The van der Waals surface area contributed by atoms with E-state index in [0.29, 0.717) is 31.3 Å². The molecule has 0 aromatic rings. The van der Waals surface area contributed by atoms with Gasteiger partial charge in [-0.2, -0.15) is 0 Å². The lowest BCUT2D eigenvalue weighted by Crippen LogP contribution is -2.67. The minimum absolute atomic E-state index is 0.0499. The molecule has 6 fully saturated rings. The summed E-state index contributed by atoms with van der Waals surface area (Å²) in [5, 5.41) is 46.6. The molecule has 2 saturated heterocycles. The topological polar surface area (TPSA) is 197 Å². The molecule has 0 aromatic carbocycles. The van der Waals surface area contributed by atoms with Gasteiger partial charge in [0.2, 0.25) is 0 Å². The Labute approximate surface area is 323 Å². The van der Waals surface area contributed by atoms with Crippen molar-refractivity contribution in [2.45, 2.75) is 185 Å². The summed E-state index contributed by atoms with van der Waals surface area (Å²) in [6.45, 7) is 9.68. The number of hydrogen-bond donors (Lipinski definition) is 4. The molecule has 0 aromatic heterocycles. The highest BCUT2D eigenvalue weighted by Gasteiger charge is 2.71. The first-order valence-electron chi connectivity index (χ1n) is 20.6. The second kappa shape index (κ2) is 16.1. The number of hydrogen-bond acceptors (Lipinski definition) is 14. The first-order valence-corrected chi connectivity index (χ1v) is 20.6. The molecular weight excluding hydrogens is 716 g/mol. The lowest BCUT2D eigenvalue weighted by atomic mass is 9.42. The van der Waals surface area contributed by atoms with Crippen molar-refractivity contribution in [1.29, 1.82) is 0 Å². The third-order valence-electron chi connectivity index (χ3n) is 15.1. The highest BCUT2D eigenvalue weighted by Crippen LogP contribution is 2.70. The van der Waals surface area contributed by atoms with Gasteiger partial charge in [0.15, 0.2) is 18.9 Å². The van der Waals surface area contributed by atoms with Crippen molar-refractivity contribution in [2.24, 2.45) is 34.5 Å². The van der Waals surface area contributed by atoms with Gasteiger partial charge in [0.25, 0.3) is 0 Å². The Morgan fingerprint density at radius 1 is 0.891 bits per heavy atom. The van der Waals surface area contributed by atoms with Crippen molar-refractivity contribution in [3.8, 4) is 0 Å². The minimum Gasteiger partial charge on any atom is -0.458 e. The van der Waals surface area contributed by atoms with Crippen LogP contribution in [0.2, 0.25) is 0 Å². The Bertz CT molecular complexity index is 1420. The minimum atomic E-state index is -1.02. The van der Waals surface area contributed by atoms with Gasteiger partial charge < -0.3 is 63.2 Å². The van der Waals surface area contributed by atoms with Gasteiger partial charge in [-0.3, -0.25) is 0 Å². The van der Waals surface area contributed by atoms with Crippen LogP contribution < -0.4 is 0 Å². The van der Waals surface area contributed by atoms with Crippen molar-refractivity contribution in [2.75, 3.05) is 6.61 Å². The summed E-state index contributed by atoms with van der Waals surface area (Å²) >= 11 is 0. The van der Waals surface area contributed by atoms with Gasteiger partial charge in [-0.05, 0) is 107 Å². The van der Waals surface area contributed by atoms with Crippen LogP contribution >= 0.6 is 0 Å². The predicted molar refractivity (Wildman–Crippen MR) is 193 cm³/mol. The molecule has 3 aliphatic heterocycles. The van der Waals surface area contributed by atoms with Crippen LogP contribution in [0, 0.1) is 34.5 Å². The van der Waals surface area contributed by atoms with E-state index in [0.717, 1.165) is 44.1 Å². The molecular formula is C41H62O14. The maximum atomic E-state index is 12.6. The number of carbonyl (C=O) groups is 3. The molecule has 14 heteroatoms. The molecule has 4 aliphatic carbocycles. The molecule has 0 bridgehead atoms. The molecule has 14 nitrogen and oxygen atoms in total. The zero-order valence-corrected chi connectivity index (χ0v) is 32.8. The summed E-state index contributed by atoms with van der Waals surface area (Å²) in [5.41, 5.74) is -0.919. The average molecular weight is 779 g/mol. The Balaban J connectivity index is 0.918. The largest absolute Gasteiger partial charge is 0.458 e. The highest BCUT2D eigenvalue weighted by molar-refractivity contribution is 5.85. The van der Waals surface area contributed by atoms with Crippen LogP contribution in [0.25, 0.3) is 0 Å². The number of carbonyl (C=O) groups excluding carboxylic acids is 3. The Morgan fingerprint density at radius 2 is 1.58 bits per heavy atom. The van der Waals surface area contributed by atoms with E-state index >= 15 is 0 Å². The molecule has 4 unspecified atom stereocenters. The summed E-state index contributed by atoms with van der Waals surface area (Å²) < 4.78 is 41.6. The molecule has 7 rings (SSSR count). The third-order valence-corrected chi connectivity index (χ3v) is 15.1. The SMILES string of the molecule is C[C@@H]1O[C@@H](O[C@@H]2[C@H](C)O[C@@H](O[C@H]3CC[C@@]4(C)C(CCC5C4C[C@H](O)[C@]4(C)[C@@H](C6=CC(=O)OC6)CC[C@]54O)C3)C[C@@H]2O)C[C@H](O)[C@@H]1OC(CC=O)O[C@@H](C)C=O. The second-order valence-electron chi connectivity index (χ2n) is 18.1. The normalized spacial score (nSPS) is 49.5. The lowest BCUT2D eigenvalue weighted by molar-refractivity contribution is -0.328. The molecule has 7 aliphatic rings. The van der Waals surface area contributed by atoms with Crippen LogP contribution in [-0.2, 0) is 47.5 Å². The van der Waals surface area contributed by atoms with E-state index in [1.807, 2.05) is 13.8 Å². The van der Waals surface area contributed by atoms with Crippen LogP contribution in [0.1, 0.15) is 105 Å². The summed E-state index contributed by atoms with van der Waals surface area (Å²) in [4.78, 5) is 34.1. The third kappa shape index (κ3) is 7.51. The maximum Gasteiger partial charge on any atom is 0.331 e. The van der Waals surface area contributed by atoms with Crippen LogP contribution in [0.15, 0.2) is 11.6 Å². The summed E-state index contributed by atoms with van der Waals surface area (Å²) in [6.07, 6.45) is 0.602. The number of ether oxygens (including phenoxy) is 7. The number of aldehydes is 2. The van der Waals surface area contributed by atoms with Gasteiger partial charge in [0, 0.05) is 24.3 Å². The quantitative estimate of drug-likeness (QED) is 0.0977. The van der Waals surface area contributed by atoms with Gasteiger partial charge in [0.1, 0.15) is 37.5 Å². The molecule has 0 radical (unpaired) electrons. The zero-order chi connectivity index (χ0) is 39.4. The molecule has 0 amide bonds. The number of aliphatic hydroxyl groups excluding tert-OH is 3. The molecule has 0 spiro atoms. The monoisotopic (exact) mass is 778 g/mol. The fourth-order valence-corrected chi connectivity index (χ4v) is 12.1. The predicted octanol–water partition coefficient (Wildman–Crippen LogP) is 2.88. The average Bonchev–Trinajstić information content (AvgIpc) is 3.68. The van der Waals surface area contributed by atoms with Gasteiger partial charge in [-0.25, -0.2) is 4.79 Å².